The molecular weight excluding hydrogens is 100 g/mol. The van der Waals surface area contributed by atoms with Crippen LogP contribution in [0.5, 0.6) is 0 Å². The second-order valence-corrected chi connectivity index (χ2v) is 1.63. The minimum absolute atomic E-state index is 0.737. The summed E-state index contributed by atoms with van der Waals surface area (Å²) in [6.45, 7) is 1.47. The van der Waals surface area contributed by atoms with Crippen LogP contribution in [-0.4, -0.2) is 13.1 Å². The predicted molar refractivity (Wildman–Crippen MR) is 36.5 cm³/mol. The second-order valence-electron chi connectivity index (χ2n) is 1.63. The molecule has 0 bridgehead atoms. The lowest BCUT2D eigenvalue weighted by atomic mass is 10.3. The van der Waals surface area contributed by atoms with E-state index >= 15 is 0 Å². The van der Waals surface area contributed by atoms with Gasteiger partial charge in [0.25, 0.3) is 0 Å². The van der Waals surface area contributed by atoms with Crippen LogP contribution in [0.1, 0.15) is 12.8 Å². The summed E-state index contributed by atoms with van der Waals surface area (Å²) in [6, 6.07) is 0. The average Bonchev–Trinajstić information content (AvgIpc) is 1.81. The van der Waals surface area contributed by atoms with Gasteiger partial charge in [-0.3, -0.25) is 0 Å². The molecule has 0 fully saturated rings. The summed E-state index contributed by atoms with van der Waals surface area (Å²) in [4.78, 5) is 0. The fourth-order valence-corrected chi connectivity index (χ4v) is 0.428. The largest absolute Gasteiger partial charge is 0.330 e. The van der Waals surface area contributed by atoms with Gasteiger partial charge in [-0.25, -0.2) is 0 Å². The maximum absolute atomic E-state index is 5.23. The van der Waals surface area contributed by atoms with E-state index in [0.717, 1.165) is 25.9 Å². The third kappa shape index (κ3) is 5.66. The van der Waals surface area contributed by atoms with Gasteiger partial charge in [0.05, 0.1) is 0 Å². The van der Waals surface area contributed by atoms with E-state index in [4.69, 9.17) is 11.5 Å². The molecule has 2 nitrogen and oxygen atoms in total. The van der Waals surface area contributed by atoms with Crippen LogP contribution in [0, 0.1) is 0 Å². The van der Waals surface area contributed by atoms with Crippen molar-refractivity contribution in [3.05, 3.63) is 12.2 Å². The van der Waals surface area contributed by atoms with Gasteiger partial charge in [-0.05, 0) is 25.9 Å². The Hall–Kier alpha value is -0.340. The highest BCUT2D eigenvalue weighted by Gasteiger charge is 1.72. The molecule has 0 unspecified atom stereocenters. The molecule has 0 amide bonds. The van der Waals surface area contributed by atoms with E-state index in [-0.39, 0.29) is 0 Å². The Bertz CT molecular complexity index is 51.5. The first-order valence-corrected chi connectivity index (χ1v) is 2.97. The highest BCUT2D eigenvalue weighted by atomic mass is 14.5. The minimum Gasteiger partial charge on any atom is -0.330 e. The highest BCUT2D eigenvalue weighted by molar-refractivity contribution is 4.81. The zero-order valence-electron chi connectivity index (χ0n) is 5.14. The Balaban J connectivity index is 2.83. The van der Waals surface area contributed by atoms with E-state index in [0.29, 0.717) is 0 Å². The van der Waals surface area contributed by atoms with E-state index in [1.54, 1.807) is 0 Å². The Morgan fingerprint density at radius 1 is 0.875 bits per heavy atom. The molecule has 0 heterocycles. The highest BCUT2D eigenvalue weighted by Crippen LogP contribution is 1.81. The number of hydrogen-bond acceptors (Lipinski definition) is 2. The molecule has 0 radical (unpaired) electrons. The van der Waals surface area contributed by atoms with Gasteiger partial charge in [0.15, 0.2) is 0 Å². The van der Waals surface area contributed by atoms with Crippen LogP contribution >= 0.6 is 0 Å². The quantitative estimate of drug-likeness (QED) is 0.514. The Kier molecular flexibility index (Phi) is 6.38. The smallest absolute Gasteiger partial charge is 0.00426 e. The predicted octanol–water partition coefficient (Wildman–Crippen LogP) is 0.240. The molecule has 0 aliphatic rings. The molecule has 8 heavy (non-hydrogen) atoms. The summed E-state index contributed by atoms with van der Waals surface area (Å²) in [7, 11) is 0. The Morgan fingerprint density at radius 3 is 1.50 bits per heavy atom. The Labute approximate surface area is 50.6 Å². The van der Waals surface area contributed by atoms with Crippen molar-refractivity contribution in [2.75, 3.05) is 13.1 Å². The summed E-state index contributed by atoms with van der Waals surface area (Å²) in [5, 5.41) is 0. The van der Waals surface area contributed by atoms with E-state index in [1.165, 1.54) is 0 Å². The molecule has 0 aliphatic carbocycles. The SMILES string of the molecule is NCCC=CCCN. The maximum atomic E-state index is 5.23. The summed E-state index contributed by atoms with van der Waals surface area (Å²) in [5.41, 5.74) is 10.5. The second kappa shape index (κ2) is 6.66. The zero-order valence-corrected chi connectivity index (χ0v) is 5.14. The average molecular weight is 114 g/mol. The summed E-state index contributed by atoms with van der Waals surface area (Å²) in [6.07, 6.45) is 6.07. The van der Waals surface area contributed by atoms with Crippen molar-refractivity contribution in [2.45, 2.75) is 12.8 Å². The number of rotatable bonds is 4. The molecule has 0 aliphatic heterocycles. The molecule has 0 saturated carbocycles. The van der Waals surface area contributed by atoms with Crippen LogP contribution in [0.25, 0.3) is 0 Å². The third-order valence-corrected chi connectivity index (χ3v) is 0.833. The molecule has 0 aromatic rings. The number of nitrogens with two attached hydrogens (primary N) is 2. The molecule has 0 aromatic heterocycles. The van der Waals surface area contributed by atoms with Crippen LogP contribution in [0.2, 0.25) is 0 Å². The van der Waals surface area contributed by atoms with Crippen LogP contribution < -0.4 is 11.5 Å². The molecule has 2 heteroatoms. The van der Waals surface area contributed by atoms with Crippen LogP contribution in [0.15, 0.2) is 12.2 Å². The molecule has 0 saturated heterocycles. The Morgan fingerprint density at radius 2 is 1.25 bits per heavy atom. The first-order valence-electron chi connectivity index (χ1n) is 2.97. The topological polar surface area (TPSA) is 52.0 Å². The van der Waals surface area contributed by atoms with Gasteiger partial charge in [-0.2, -0.15) is 0 Å². The van der Waals surface area contributed by atoms with Crippen molar-refractivity contribution >= 4 is 0 Å². The molecule has 0 aromatic carbocycles. The first-order chi connectivity index (χ1) is 3.91. The van der Waals surface area contributed by atoms with Crippen LogP contribution in [0.3, 0.4) is 0 Å². The van der Waals surface area contributed by atoms with Crippen molar-refractivity contribution in [1.82, 2.24) is 0 Å². The molecular formula is C6H14N2. The van der Waals surface area contributed by atoms with Gasteiger partial charge in [-0.1, -0.05) is 12.2 Å². The zero-order chi connectivity index (χ0) is 6.24. The van der Waals surface area contributed by atoms with Crippen molar-refractivity contribution in [2.24, 2.45) is 11.5 Å². The normalized spacial score (nSPS) is 10.8. The fraction of sp³-hybridized carbons (Fsp3) is 0.667. The van der Waals surface area contributed by atoms with Gasteiger partial charge in [0, 0.05) is 0 Å². The lowest BCUT2D eigenvalue weighted by Crippen LogP contribution is -1.97. The monoisotopic (exact) mass is 114 g/mol. The van der Waals surface area contributed by atoms with E-state index < -0.39 is 0 Å². The van der Waals surface area contributed by atoms with Gasteiger partial charge in [0.2, 0.25) is 0 Å². The van der Waals surface area contributed by atoms with Crippen molar-refractivity contribution < 1.29 is 0 Å². The van der Waals surface area contributed by atoms with Crippen LogP contribution in [-0.2, 0) is 0 Å². The summed E-state index contributed by atoms with van der Waals surface area (Å²) in [5.74, 6) is 0. The summed E-state index contributed by atoms with van der Waals surface area (Å²) >= 11 is 0. The van der Waals surface area contributed by atoms with E-state index in [1.807, 2.05) is 0 Å². The first kappa shape index (κ1) is 7.66. The van der Waals surface area contributed by atoms with Gasteiger partial charge in [0.1, 0.15) is 0 Å². The van der Waals surface area contributed by atoms with Gasteiger partial charge >= 0.3 is 0 Å². The third-order valence-electron chi connectivity index (χ3n) is 0.833. The molecule has 0 spiro atoms. The lowest BCUT2D eigenvalue weighted by molar-refractivity contribution is 0.970. The molecule has 0 atom stereocenters. The van der Waals surface area contributed by atoms with E-state index in [9.17, 15) is 0 Å². The van der Waals surface area contributed by atoms with E-state index in [2.05, 4.69) is 12.2 Å². The summed E-state index contributed by atoms with van der Waals surface area (Å²) < 4.78 is 0. The van der Waals surface area contributed by atoms with Crippen molar-refractivity contribution in [3.63, 3.8) is 0 Å². The van der Waals surface area contributed by atoms with Gasteiger partial charge in [-0.15, -0.1) is 0 Å². The molecule has 0 rings (SSSR count). The maximum Gasteiger partial charge on any atom is -0.00426 e. The molecule has 4 N–H and O–H groups in total. The van der Waals surface area contributed by atoms with Crippen molar-refractivity contribution in [3.8, 4) is 0 Å². The fourth-order valence-electron chi connectivity index (χ4n) is 0.428. The standard InChI is InChI=1S/C6H14N2/c7-5-3-1-2-4-6-8/h1-2H,3-8H2. The minimum atomic E-state index is 0.737. The lowest BCUT2D eigenvalue weighted by Gasteiger charge is -1.84. The van der Waals surface area contributed by atoms with Gasteiger partial charge < -0.3 is 11.5 Å². The number of hydrogen-bond donors (Lipinski definition) is 2. The molecule has 48 valence electrons. The van der Waals surface area contributed by atoms with Crippen LogP contribution in [0.4, 0.5) is 0 Å². The van der Waals surface area contributed by atoms with Crippen molar-refractivity contribution in [1.29, 1.82) is 0 Å².